The van der Waals surface area contributed by atoms with Crippen molar-refractivity contribution >= 4 is 23.2 Å². The van der Waals surface area contributed by atoms with Crippen LogP contribution in [0.1, 0.15) is 32.8 Å². The zero-order chi connectivity index (χ0) is 12.6. The number of hydrogen-bond acceptors (Lipinski definition) is 0. The molecule has 0 aliphatic heterocycles. The van der Waals surface area contributed by atoms with Crippen LogP contribution in [0.5, 0.6) is 0 Å². The summed E-state index contributed by atoms with van der Waals surface area (Å²) in [7, 11) is 0. The van der Waals surface area contributed by atoms with Gasteiger partial charge in [0.25, 0.3) is 0 Å². The molecule has 1 aliphatic rings. The van der Waals surface area contributed by atoms with Crippen molar-refractivity contribution in [2.24, 2.45) is 0 Å². The summed E-state index contributed by atoms with van der Waals surface area (Å²) in [6.45, 7) is 6.50. The first-order valence-corrected chi connectivity index (χ1v) is 6.49. The molecular weight excluding hydrogens is 251 g/mol. The molecule has 0 heterocycles. The molecule has 17 heavy (non-hydrogen) atoms. The number of halogens is 2. The lowest BCUT2D eigenvalue weighted by Gasteiger charge is -2.32. The second-order valence-electron chi connectivity index (χ2n) is 5.07. The molecule has 0 fully saturated rings. The smallest absolute Gasteiger partial charge is 0.0633 e. The molecule has 1 atom stereocenters. The number of allylic oxidation sites excluding steroid dienone is 4. The van der Waals surface area contributed by atoms with Crippen LogP contribution in [0.2, 0.25) is 10.0 Å². The Morgan fingerprint density at radius 3 is 2.53 bits per heavy atom. The minimum absolute atomic E-state index is 0.0507. The highest BCUT2D eigenvalue weighted by Crippen LogP contribution is 2.42. The molecule has 1 unspecified atom stereocenters. The third-order valence-corrected chi connectivity index (χ3v) is 4.05. The highest BCUT2D eigenvalue weighted by atomic mass is 35.5. The normalized spacial score (nSPS) is 24.3. The van der Waals surface area contributed by atoms with Gasteiger partial charge in [-0.2, -0.15) is 0 Å². The Morgan fingerprint density at radius 2 is 1.88 bits per heavy atom. The third kappa shape index (κ3) is 2.43. The van der Waals surface area contributed by atoms with Crippen LogP contribution in [0.25, 0.3) is 0 Å². The fourth-order valence-electron chi connectivity index (χ4n) is 2.73. The summed E-state index contributed by atoms with van der Waals surface area (Å²) in [5, 5.41) is 1.30. The lowest BCUT2D eigenvalue weighted by molar-refractivity contribution is 0.576. The molecule has 0 saturated heterocycles. The van der Waals surface area contributed by atoms with Gasteiger partial charge in [-0.1, -0.05) is 65.6 Å². The van der Waals surface area contributed by atoms with Crippen LogP contribution in [0.4, 0.5) is 0 Å². The molecule has 0 aromatic heterocycles. The van der Waals surface area contributed by atoms with Crippen molar-refractivity contribution in [3.63, 3.8) is 0 Å². The Balaban J connectivity index is 2.54. The van der Waals surface area contributed by atoms with E-state index in [1.165, 1.54) is 11.1 Å². The Morgan fingerprint density at radius 1 is 1.18 bits per heavy atom. The van der Waals surface area contributed by atoms with Gasteiger partial charge in [-0.15, -0.1) is 0 Å². The maximum Gasteiger partial charge on any atom is 0.0633 e. The molecule has 1 aliphatic carbocycles. The minimum atomic E-state index is -0.0507. The van der Waals surface area contributed by atoms with Crippen LogP contribution in [0, 0.1) is 0 Å². The van der Waals surface area contributed by atoms with E-state index in [2.05, 4.69) is 39.0 Å². The fourth-order valence-corrected chi connectivity index (χ4v) is 3.25. The third-order valence-electron chi connectivity index (χ3n) is 3.23. The summed E-state index contributed by atoms with van der Waals surface area (Å²) in [5.41, 5.74) is 3.72. The van der Waals surface area contributed by atoms with E-state index in [0.717, 1.165) is 12.0 Å². The summed E-state index contributed by atoms with van der Waals surface area (Å²) in [6.07, 6.45) is 5.49. The van der Waals surface area contributed by atoms with E-state index in [0.29, 0.717) is 10.0 Å². The number of rotatable bonds is 1. The number of hydrogen-bond donors (Lipinski definition) is 0. The molecule has 0 nitrogen and oxygen atoms in total. The highest BCUT2D eigenvalue weighted by Gasteiger charge is 2.29. The van der Waals surface area contributed by atoms with Gasteiger partial charge >= 0.3 is 0 Å². The van der Waals surface area contributed by atoms with Gasteiger partial charge in [0.1, 0.15) is 0 Å². The SMILES string of the molecule is CC1=CC(C)(c2cccc(Cl)c2Cl)CC(C)=C1. The molecule has 1 aromatic rings. The van der Waals surface area contributed by atoms with E-state index in [4.69, 9.17) is 23.2 Å². The van der Waals surface area contributed by atoms with Gasteiger partial charge in [-0.05, 0) is 31.9 Å². The van der Waals surface area contributed by atoms with Crippen molar-refractivity contribution in [3.8, 4) is 0 Å². The van der Waals surface area contributed by atoms with Crippen molar-refractivity contribution in [3.05, 3.63) is 57.1 Å². The van der Waals surface area contributed by atoms with E-state index in [-0.39, 0.29) is 5.41 Å². The Hall–Kier alpha value is -0.720. The van der Waals surface area contributed by atoms with Crippen molar-refractivity contribution in [2.45, 2.75) is 32.6 Å². The van der Waals surface area contributed by atoms with E-state index in [1.54, 1.807) is 0 Å². The highest BCUT2D eigenvalue weighted by molar-refractivity contribution is 6.42. The predicted molar refractivity (Wildman–Crippen MR) is 75.9 cm³/mol. The van der Waals surface area contributed by atoms with Crippen LogP contribution in [-0.2, 0) is 5.41 Å². The van der Waals surface area contributed by atoms with Crippen LogP contribution in [0.3, 0.4) is 0 Å². The lowest BCUT2D eigenvalue weighted by atomic mass is 9.73. The summed E-state index contributed by atoms with van der Waals surface area (Å²) in [6, 6.07) is 5.86. The molecule has 0 amide bonds. The standard InChI is InChI=1S/C15H16Cl2/c1-10-7-11(2)9-15(3,8-10)12-5-4-6-13(16)14(12)17/h4-8H,9H2,1-3H3. The van der Waals surface area contributed by atoms with Crippen molar-refractivity contribution in [1.82, 2.24) is 0 Å². The fraction of sp³-hybridized carbons (Fsp3) is 0.333. The maximum atomic E-state index is 6.33. The first-order valence-electron chi connectivity index (χ1n) is 5.73. The minimum Gasteiger partial charge on any atom is -0.0827 e. The average molecular weight is 267 g/mol. The molecule has 0 spiro atoms. The Kier molecular flexibility index (Phi) is 3.38. The van der Waals surface area contributed by atoms with Gasteiger partial charge in [-0.25, -0.2) is 0 Å². The van der Waals surface area contributed by atoms with E-state index in [9.17, 15) is 0 Å². The molecular formula is C15H16Cl2. The Labute approximate surface area is 113 Å². The zero-order valence-corrected chi connectivity index (χ0v) is 11.9. The van der Waals surface area contributed by atoms with Crippen LogP contribution in [0.15, 0.2) is 41.5 Å². The summed E-state index contributed by atoms with van der Waals surface area (Å²) < 4.78 is 0. The quantitative estimate of drug-likeness (QED) is 0.626. The average Bonchev–Trinajstić information content (AvgIpc) is 2.19. The van der Waals surface area contributed by atoms with Crippen LogP contribution >= 0.6 is 23.2 Å². The topological polar surface area (TPSA) is 0 Å². The summed E-state index contributed by atoms with van der Waals surface area (Å²) in [5.74, 6) is 0. The monoisotopic (exact) mass is 266 g/mol. The van der Waals surface area contributed by atoms with Gasteiger partial charge in [-0.3, -0.25) is 0 Å². The van der Waals surface area contributed by atoms with Crippen molar-refractivity contribution < 1.29 is 0 Å². The van der Waals surface area contributed by atoms with Gasteiger partial charge in [0.2, 0.25) is 0 Å². The van der Waals surface area contributed by atoms with Gasteiger partial charge in [0.15, 0.2) is 0 Å². The molecule has 0 bridgehead atoms. The first kappa shape index (κ1) is 12.7. The van der Waals surface area contributed by atoms with Gasteiger partial charge in [0, 0.05) is 5.41 Å². The molecule has 0 radical (unpaired) electrons. The van der Waals surface area contributed by atoms with E-state index >= 15 is 0 Å². The van der Waals surface area contributed by atoms with Crippen LogP contribution < -0.4 is 0 Å². The lowest BCUT2D eigenvalue weighted by Crippen LogP contribution is -2.22. The molecule has 2 rings (SSSR count). The Bertz CT molecular complexity index is 512. The van der Waals surface area contributed by atoms with Gasteiger partial charge in [0.05, 0.1) is 10.0 Å². The van der Waals surface area contributed by atoms with Gasteiger partial charge < -0.3 is 0 Å². The molecule has 2 heteroatoms. The van der Waals surface area contributed by atoms with E-state index in [1.807, 2.05) is 12.1 Å². The second-order valence-corrected chi connectivity index (χ2v) is 5.86. The largest absolute Gasteiger partial charge is 0.0827 e. The van der Waals surface area contributed by atoms with Crippen molar-refractivity contribution in [2.75, 3.05) is 0 Å². The van der Waals surface area contributed by atoms with Crippen molar-refractivity contribution in [1.29, 1.82) is 0 Å². The molecule has 0 saturated carbocycles. The summed E-state index contributed by atoms with van der Waals surface area (Å²) in [4.78, 5) is 0. The molecule has 90 valence electrons. The van der Waals surface area contributed by atoms with Crippen LogP contribution in [-0.4, -0.2) is 0 Å². The second kappa shape index (κ2) is 4.51. The summed E-state index contributed by atoms with van der Waals surface area (Å²) >= 11 is 12.4. The maximum absolute atomic E-state index is 6.33. The number of benzene rings is 1. The predicted octanol–water partition coefficient (Wildman–Crippen LogP) is 5.55. The zero-order valence-electron chi connectivity index (χ0n) is 10.3. The van der Waals surface area contributed by atoms with E-state index < -0.39 is 0 Å². The first-order chi connectivity index (χ1) is 7.92. The molecule has 1 aromatic carbocycles. The molecule has 0 N–H and O–H groups in total.